The second-order valence-corrected chi connectivity index (χ2v) is 7.57. The Hall–Kier alpha value is -1.25. The number of nitrogens with one attached hydrogen (secondary N) is 1. The third-order valence-electron chi connectivity index (χ3n) is 5.91. The zero-order chi connectivity index (χ0) is 13.6. The molecule has 1 heterocycles. The predicted molar refractivity (Wildman–Crippen MR) is 82.4 cm³/mol. The summed E-state index contributed by atoms with van der Waals surface area (Å²) >= 11 is 0. The summed E-state index contributed by atoms with van der Waals surface area (Å²) in [5.74, 6) is 4.07. The number of pyridine rings is 1. The van der Waals surface area contributed by atoms with E-state index in [1.807, 2.05) is 12.1 Å². The van der Waals surface area contributed by atoms with Crippen molar-refractivity contribution in [2.75, 3.05) is 17.6 Å². The molecule has 0 saturated heterocycles. The van der Waals surface area contributed by atoms with Gasteiger partial charge >= 0.3 is 0 Å². The Balaban J connectivity index is 1.37. The van der Waals surface area contributed by atoms with Crippen LogP contribution in [0.25, 0.3) is 0 Å². The van der Waals surface area contributed by atoms with Gasteiger partial charge in [0.05, 0.1) is 0 Å². The summed E-state index contributed by atoms with van der Waals surface area (Å²) in [6, 6.07) is 3.77. The van der Waals surface area contributed by atoms with E-state index in [1.165, 1.54) is 44.9 Å². The molecule has 4 aliphatic carbocycles. The molecule has 1 aromatic rings. The topological polar surface area (TPSA) is 50.9 Å². The van der Waals surface area contributed by atoms with Gasteiger partial charge in [0.2, 0.25) is 0 Å². The van der Waals surface area contributed by atoms with Gasteiger partial charge in [-0.05, 0) is 74.2 Å². The zero-order valence-electron chi connectivity index (χ0n) is 12.1. The van der Waals surface area contributed by atoms with Crippen LogP contribution in [0.15, 0.2) is 18.3 Å². The minimum Gasteiger partial charge on any atom is -0.399 e. The molecule has 0 radical (unpaired) electrons. The van der Waals surface area contributed by atoms with Crippen LogP contribution in [-0.2, 0) is 0 Å². The van der Waals surface area contributed by atoms with Crippen molar-refractivity contribution >= 4 is 11.5 Å². The normalized spacial score (nSPS) is 38.1. The van der Waals surface area contributed by atoms with Gasteiger partial charge in [-0.3, -0.25) is 0 Å². The van der Waals surface area contributed by atoms with Crippen LogP contribution in [0.1, 0.15) is 44.9 Å². The van der Waals surface area contributed by atoms with Gasteiger partial charge in [-0.2, -0.15) is 0 Å². The van der Waals surface area contributed by atoms with Crippen molar-refractivity contribution in [1.29, 1.82) is 0 Å². The molecule has 4 saturated carbocycles. The molecule has 3 nitrogen and oxygen atoms in total. The van der Waals surface area contributed by atoms with Gasteiger partial charge in [0, 0.05) is 24.5 Å². The van der Waals surface area contributed by atoms with Gasteiger partial charge in [-0.1, -0.05) is 0 Å². The van der Waals surface area contributed by atoms with Crippen molar-refractivity contribution in [3.63, 3.8) is 0 Å². The molecule has 5 rings (SSSR count). The fourth-order valence-electron chi connectivity index (χ4n) is 5.60. The van der Waals surface area contributed by atoms with Crippen molar-refractivity contribution < 1.29 is 0 Å². The Bertz CT molecular complexity index is 461. The van der Waals surface area contributed by atoms with Crippen molar-refractivity contribution in [2.45, 2.75) is 44.9 Å². The van der Waals surface area contributed by atoms with Crippen molar-refractivity contribution in [2.24, 2.45) is 23.2 Å². The Morgan fingerprint density at radius 1 is 1.15 bits per heavy atom. The second-order valence-electron chi connectivity index (χ2n) is 7.57. The molecule has 4 bridgehead atoms. The van der Waals surface area contributed by atoms with Crippen LogP contribution in [0.2, 0.25) is 0 Å². The lowest BCUT2D eigenvalue weighted by molar-refractivity contribution is -0.0552. The second kappa shape index (κ2) is 4.64. The van der Waals surface area contributed by atoms with E-state index in [0.717, 1.165) is 35.8 Å². The first kappa shape index (κ1) is 12.5. The van der Waals surface area contributed by atoms with E-state index in [2.05, 4.69) is 10.3 Å². The van der Waals surface area contributed by atoms with Gasteiger partial charge in [0.25, 0.3) is 0 Å². The molecule has 0 atom stereocenters. The van der Waals surface area contributed by atoms with Crippen LogP contribution >= 0.6 is 0 Å². The molecule has 3 heteroatoms. The van der Waals surface area contributed by atoms with E-state index in [-0.39, 0.29) is 0 Å². The molecule has 0 aromatic carbocycles. The number of anilines is 2. The fourth-order valence-corrected chi connectivity index (χ4v) is 5.60. The van der Waals surface area contributed by atoms with Crippen LogP contribution in [0.3, 0.4) is 0 Å². The third-order valence-corrected chi connectivity index (χ3v) is 5.91. The summed E-state index contributed by atoms with van der Waals surface area (Å²) in [5.41, 5.74) is 7.24. The van der Waals surface area contributed by atoms with Gasteiger partial charge in [0.15, 0.2) is 0 Å². The fraction of sp³-hybridized carbons (Fsp3) is 0.706. The van der Waals surface area contributed by atoms with Gasteiger partial charge in [-0.15, -0.1) is 0 Å². The van der Waals surface area contributed by atoms with Crippen molar-refractivity contribution in [3.8, 4) is 0 Å². The molecule has 3 N–H and O–H groups in total. The molecule has 0 unspecified atom stereocenters. The van der Waals surface area contributed by atoms with Gasteiger partial charge in [-0.25, -0.2) is 4.98 Å². The summed E-state index contributed by atoms with van der Waals surface area (Å²) in [6.07, 6.45) is 12.2. The number of nitrogens with zero attached hydrogens (tertiary/aromatic N) is 1. The molecule has 4 aliphatic rings. The van der Waals surface area contributed by atoms with E-state index in [1.54, 1.807) is 6.20 Å². The minimum absolute atomic E-state index is 0.655. The van der Waals surface area contributed by atoms with E-state index in [4.69, 9.17) is 5.73 Å². The van der Waals surface area contributed by atoms with Crippen LogP contribution in [-0.4, -0.2) is 11.5 Å². The lowest BCUT2D eigenvalue weighted by atomic mass is 9.49. The highest BCUT2D eigenvalue weighted by molar-refractivity contribution is 5.48. The maximum atomic E-state index is 5.80. The minimum atomic E-state index is 0.655. The predicted octanol–water partition coefficient (Wildman–Crippen LogP) is 3.68. The van der Waals surface area contributed by atoms with Gasteiger partial charge < -0.3 is 11.1 Å². The summed E-state index contributed by atoms with van der Waals surface area (Å²) < 4.78 is 0. The standard InChI is InChI=1S/C17H25N3/c18-15-1-3-19-16(8-15)20-4-2-17-9-12-5-13(10-17)7-14(6-12)11-17/h1,3,8,12-14H,2,4-7,9-11H2,(H3,18,19,20). The Morgan fingerprint density at radius 2 is 1.80 bits per heavy atom. The Kier molecular flexibility index (Phi) is 2.90. The lowest BCUT2D eigenvalue weighted by Gasteiger charge is -2.57. The largest absolute Gasteiger partial charge is 0.399 e. The summed E-state index contributed by atoms with van der Waals surface area (Å²) in [4.78, 5) is 4.33. The highest BCUT2D eigenvalue weighted by atomic mass is 15.0. The highest BCUT2D eigenvalue weighted by Crippen LogP contribution is 2.61. The molecule has 0 spiro atoms. The first-order valence-electron chi connectivity index (χ1n) is 8.16. The molecular weight excluding hydrogens is 246 g/mol. The van der Waals surface area contributed by atoms with E-state index >= 15 is 0 Å². The first-order chi connectivity index (χ1) is 9.71. The molecule has 20 heavy (non-hydrogen) atoms. The summed E-state index contributed by atoms with van der Waals surface area (Å²) in [7, 11) is 0. The Labute approximate surface area is 121 Å². The molecule has 0 amide bonds. The molecular formula is C17H25N3. The lowest BCUT2D eigenvalue weighted by Crippen LogP contribution is -2.46. The van der Waals surface area contributed by atoms with Crippen LogP contribution in [0.5, 0.6) is 0 Å². The third kappa shape index (κ3) is 2.27. The van der Waals surface area contributed by atoms with E-state index in [9.17, 15) is 0 Å². The maximum Gasteiger partial charge on any atom is 0.127 e. The highest BCUT2D eigenvalue weighted by Gasteiger charge is 2.50. The molecule has 1 aromatic heterocycles. The monoisotopic (exact) mass is 271 g/mol. The Morgan fingerprint density at radius 3 is 2.40 bits per heavy atom. The average Bonchev–Trinajstić information content (AvgIpc) is 2.36. The average molecular weight is 271 g/mol. The summed E-state index contributed by atoms with van der Waals surface area (Å²) in [5, 5.41) is 3.47. The number of rotatable bonds is 4. The quantitative estimate of drug-likeness (QED) is 0.878. The number of hydrogen-bond donors (Lipinski definition) is 2. The molecule has 0 aliphatic heterocycles. The van der Waals surface area contributed by atoms with Crippen molar-refractivity contribution in [1.82, 2.24) is 4.98 Å². The maximum absolute atomic E-state index is 5.80. The van der Waals surface area contributed by atoms with E-state index in [0.29, 0.717) is 5.41 Å². The molecule has 4 fully saturated rings. The summed E-state index contributed by atoms with van der Waals surface area (Å²) in [6.45, 7) is 1.04. The molecule has 108 valence electrons. The van der Waals surface area contributed by atoms with Crippen LogP contribution in [0, 0.1) is 23.2 Å². The number of aromatic nitrogens is 1. The smallest absolute Gasteiger partial charge is 0.127 e. The van der Waals surface area contributed by atoms with Crippen LogP contribution < -0.4 is 11.1 Å². The van der Waals surface area contributed by atoms with Crippen LogP contribution in [0.4, 0.5) is 11.5 Å². The van der Waals surface area contributed by atoms with Gasteiger partial charge in [0.1, 0.15) is 5.82 Å². The number of nitrogens with two attached hydrogens (primary N) is 1. The van der Waals surface area contributed by atoms with Crippen molar-refractivity contribution in [3.05, 3.63) is 18.3 Å². The SMILES string of the molecule is Nc1ccnc(NCCC23CC4CC(CC(C4)C2)C3)c1. The van der Waals surface area contributed by atoms with E-state index < -0.39 is 0 Å². The zero-order valence-corrected chi connectivity index (χ0v) is 12.1. The first-order valence-corrected chi connectivity index (χ1v) is 8.16. The number of hydrogen-bond acceptors (Lipinski definition) is 3. The number of nitrogen functional groups attached to an aromatic ring is 1.